The van der Waals surface area contributed by atoms with Gasteiger partial charge in [0.2, 0.25) is 5.82 Å². The molecule has 1 nitrogen and oxygen atoms in total. The topological polar surface area (TPSA) is 17.1 Å². The largest absolute Gasteiger partial charge is 0.294 e. The van der Waals surface area contributed by atoms with Crippen molar-refractivity contribution < 1.29 is 26.7 Å². The number of benzene rings is 1. The van der Waals surface area contributed by atoms with E-state index in [1.807, 2.05) is 0 Å². The molecule has 0 amide bonds. The molecule has 1 aliphatic heterocycles. The molecule has 1 heterocycles. The average Bonchev–Trinajstić information content (AvgIpc) is 2.88. The van der Waals surface area contributed by atoms with Crippen molar-refractivity contribution in [2.24, 2.45) is 5.92 Å². The number of hydrogen-bond donors (Lipinski definition) is 0. The van der Waals surface area contributed by atoms with E-state index in [-0.39, 0.29) is 0 Å². The molecule has 1 fully saturated rings. The highest BCUT2D eigenvalue weighted by Crippen LogP contribution is 2.30. The van der Waals surface area contributed by atoms with Crippen LogP contribution < -0.4 is 0 Å². The van der Waals surface area contributed by atoms with Gasteiger partial charge in [-0.3, -0.25) is 4.79 Å². The summed E-state index contributed by atoms with van der Waals surface area (Å²) in [5.74, 6) is -11.3. The fourth-order valence-corrected chi connectivity index (χ4v) is 2.99. The van der Waals surface area contributed by atoms with Crippen LogP contribution in [-0.4, -0.2) is 17.3 Å². The summed E-state index contributed by atoms with van der Waals surface area (Å²) >= 11 is 1.40. The minimum Gasteiger partial charge on any atom is -0.294 e. The molecule has 1 aliphatic rings. The van der Waals surface area contributed by atoms with Gasteiger partial charge in [-0.05, 0) is 12.2 Å². The summed E-state index contributed by atoms with van der Waals surface area (Å²) in [6, 6.07) is 0. The van der Waals surface area contributed by atoms with E-state index in [0.717, 1.165) is 0 Å². The van der Waals surface area contributed by atoms with E-state index in [0.29, 0.717) is 17.9 Å². The highest BCUT2D eigenvalue weighted by Gasteiger charge is 2.34. The van der Waals surface area contributed by atoms with Crippen molar-refractivity contribution in [1.29, 1.82) is 0 Å². The Morgan fingerprint density at radius 3 is 1.89 bits per heavy atom. The zero-order chi connectivity index (χ0) is 13.4. The molecule has 0 bridgehead atoms. The molecular formula is C11H7F5OS. The molecule has 1 aromatic rings. The van der Waals surface area contributed by atoms with Gasteiger partial charge < -0.3 is 0 Å². The lowest BCUT2D eigenvalue weighted by atomic mass is 9.96. The summed E-state index contributed by atoms with van der Waals surface area (Å²) in [7, 11) is 0. The molecule has 1 saturated heterocycles. The van der Waals surface area contributed by atoms with Gasteiger partial charge in [-0.25, -0.2) is 22.0 Å². The highest BCUT2D eigenvalue weighted by molar-refractivity contribution is 7.99. The van der Waals surface area contributed by atoms with Crippen LogP contribution >= 0.6 is 11.8 Å². The first-order chi connectivity index (χ1) is 8.45. The summed E-state index contributed by atoms with van der Waals surface area (Å²) in [5.41, 5.74) is -1.32. The van der Waals surface area contributed by atoms with Crippen molar-refractivity contribution in [3.8, 4) is 0 Å². The van der Waals surface area contributed by atoms with Gasteiger partial charge in [0.05, 0.1) is 5.56 Å². The third kappa shape index (κ3) is 2.00. The number of ketones is 1. The van der Waals surface area contributed by atoms with Gasteiger partial charge in [0.1, 0.15) is 0 Å². The van der Waals surface area contributed by atoms with Crippen molar-refractivity contribution in [2.75, 3.05) is 11.5 Å². The molecule has 98 valence electrons. The third-order valence-corrected chi connectivity index (χ3v) is 3.92. The van der Waals surface area contributed by atoms with Crippen LogP contribution in [0.1, 0.15) is 16.8 Å². The second-order valence-electron chi connectivity index (χ2n) is 3.87. The molecule has 0 N–H and O–H groups in total. The van der Waals surface area contributed by atoms with Crippen LogP contribution in [-0.2, 0) is 0 Å². The second kappa shape index (κ2) is 4.87. The molecule has 2 rings (SSSR count). The Labute approximate surface area is 103 Å². The first-order valence-electron chi connectivity index (χ1n) is 5.08. The normalized spacial score (nSPS) is 19.3. The highest BCUT2D eigenvalue weighted by atomic mass is 32.2. The third-order valence-electron chi connectivity index (χ3n) is 2.76. The Morgan fingerprint density at radius 1 is 0.944 bits per heavy atom. The van der Waals surface area contributed by atoms with Gasteiger partial charge >= 0.3 is 0 Å². The zero-order valence-electron chi connectivity index (χ0n) is 8.90. The standard InChI is InChI=1S/C11H7F5OS/c12-6-5(11(17)4-1-2-18-3-4)7(13)9(15)10(16)8(6)14/h4H,1-3H2. The second-order valence-corrected chi connectivity index (χ2v) is 5.02. The van der Waals surface area contributed by atoms with Crippen molar-refractivity contribution in [2.45, 2.75) is 6.42 Å². The molecule has 1 unspecified atom stereocenters. The van der Waals surface area contributed by atoms with Crippen molar-refractivity contribution >= 4 is 17.5 Å². The van der Waals surface area contributed by atoms with Crippen molar-refractivity contribution in [3.05, 3.63) is 34.6 Å². The zero-order valence-corrected chi connectivity index (χ0v) is 9.72. The molecule has 7 heteroatoms. The predicted octanol–water partition coefficient (Wildman–Crippen LogP) is 3.32. The van der Waals surface area contributed by atoms with E-state index in [4.69, 9.17) is 0 Å². The van der Waals surface area contributed by atoms with E-state index < -0.39 is 46.4 Å². The molecule has 0 radical (unpaired) electrons. The van der Waals surface area contributed by atoms with E-state index in [2.05, 4.69) is 0 Å². The van der Waals surface area contributed by atoms with Crippen molar-refractivity contribution in [3.63, 3.8) is 0 Å². The van der Waals surface area contributed by atoms with Crippen LogP contribution in [0, 0.1) is 35.0 Å². The first kappa shape index (κ1) is 13.3. The molecule has 1 aromatic carbocycles. The van der Waals surface area contributed by atoms with Crippen LogP contribution in [0.5, 0.6) is 0 Å². The Balaban J connectivity index is 2.53. The van der Waals surface area contributed by atoms with Gasteiger partial charge in [-0.1, -0.05) is 0 Å². The molecule has 1 atom stereocenters. The van der Waals surface area contributed by atoms with Gasteiger partial charge in [0.25, 0.3) is 0 Å². The number of thioether (sulfide) groups is 1. The summed E-state index contributed by atoms with van der Waals surface area (Å²) in [6.45, 7) is 0. The maximum absolute atomic E-state index is 13.4. The summed E-state index contributed by atoms with van der Waals surface area (Å²) in [4.78, 5) is 11.8. The number of carbonyl (C=O) groups is 1. The average molecular weight is 282 g/mol. The van der Waals surface area contributed by atoms with Crippen LogP contribution in [0.25, 0.3) is 0 Å². The Morgan fingerprint density at radius 2 is 1.44 bits per heavy atom. The maximum atomic E-state index is 13.4. The number of Topliss-reactive ketones (excluding diaryl/α,β-unsaturated/α-hetero) is 1. The minimum absolute atomic E-state index is 0.332. The van der Waals surface area contributed by atoms with Crippen LogP contribution in [0.15, 0.2) is 0 Å². The quantitative estimate of drug-likeness (QED) is 0.358. The lowest BCUT2D eigenvalue weighted by Gasteiger charge is -2.10. The van der Waals surface area contributed by atoms with E-state index in [1.54, 1.807) is 0 Å². The summed E-state index contributed by atoms with van der Waals surface area (Å²) in [5, 5.41) is 0. The van der Waals surface area contributed by atoms with Gasteiger partial charge in [0, 0.05) is 11.7 Å². The van der Waals surface area contributed by atoms with E-state index >= 15 is 0 Å². The first-order valence-corrected chi connectivity index (χ1v) is 6.24. The van der Waals surface area contributed by atoms with Crippen molar-refractivity contribution in [1.82, 2.24) is 0 Å². The SMILES string of the molecule is O=C(c1c(F)c(F)c(F)c(F)c1F)C1CCSC1. The maximum Gasteiger partial charge on any atom is 0.200 e. The predicted molar refractivity (Wildman–Crippen MR) is 56.0 cm³/mol. The monoisotopic (exact) mass is 282 g/mol. The number of rotatable bonds is 2. The van der Waals surface area contributed by atoms with Crippen LogP contribution in [0.3, 0.4) is 0 Å². The van der Waals surface area contributed by atoms with Crippen LogP contribution in [0.2, 0.25) is 0 Å². The smallest absolute Gasteiger partial charge is 0.200 e. The van der Waals surface area contributed by atoms with E-state index in [1.165, 1.54) is 11.8 Å². The fraction of sp³-hybridized carbons (Fsp3) is 0.364. The molecule has 0 spiro atoms. The molecule has 18 heavy (non-hydrogen) atoms. The number of halogens is 5. The van der Waals surface area contributed by atoms with Gasteiger partial charge in [-0.15, -0.1) is 0 Å². The Bertz CT molecular complexity index is 482. The molecule has 0 aliphatic carbocycles. The number of hydrogen-bond acceptors (Lipinski definition) is 2. The van der Waals surface area contributed by atoms with Crippen LogP contribution in [0.4, 0.5) is 22.0 Å². The molecule has 0 aromatic heterocycles. The van der Waals surface area contributed by atoms with Gasteiger partial charge in [-0.2, -0.15) is 11.8 Å². The summed E-state index contributed by atoms with van der Waals surface area (Å²) in [6.07, 6.45) is 0.378. The Kier molecular flexibility index (Phi) is 3.61. The Hall–Kier alpha value is -1.11. The molecule has 0 saturated carbocycles. The lowest BCUT2D eigenvalue weighted by molar-refractivity contribution is 0.0921. The van der Waals surface area contributed by atoms with Gasteiger partial charge in [0.15, 0.2) is 29.1 Å². The lowest BCUT2D eigenvalue weighted by Crippen LogP contribution is -2.20. The summed E-state index contributed by atoms with van der Waals surface area (Å²) < 4.78 is 65.4. The van der Waals surface area contributed by atoms with E-state index in [9.17, 15) is 26.7 Å². The molecular weight excluding hydrogens is 275 g/mol. The minimum atomic E-state index is -2.25. The fourth-order valence-electron chi connectivity index (χ4n) is 1.77. The number of carbonyl (C=O) groups excluding carboxylic acids is 1.